The van der Waals surface area contributed by atoms with Gasteiger partial charge in [0, 0.05) is 11.6 Å². The topological polar surface area (TPSA) is 24.5 Å². The molecule has 0 saturated carbocycles. The van der Waals surface area contributed by atoms with Crippen LogP contribution in [0.1, 0.15) is 6.42 Å². The van der Waals surface area contributed by atoms with Crippen LogP contribution in [0, 0.1) is 0 Å². The highest BCUT2D eigenvalue weighted by atomic mass is 35.5. The maximum atomic E-state index is 5.80. The van der Waals surface area contributed by atoms with Crippen molar-refractivity contribution >= 4 is 11.6 Å². The molecule has 3 nitrogen and oxygen atoms in total. The van der Waals surface area contributed by atoms with E-state index in [-0.39, 0.29) is 0 Å². The van der Waals surface area contributed by atoms with Gasteiger partial charge < -0.3 is 15.0 Å². The average molecular weight is 257 g/mol. The van der Waals surface area contributed by atoms with Crippen molar-refractivity contribution in [3.8, 4) is 5.75 Å². The molecule has 0 heterocycles. The van der Waals surface area contributed by atoms with E-state index in [1.807, 2.05) is 31.3 Å². The van der Waals surface area contributed by atoms with E-state index >= 15 is 0 Å². The number of benzene rings is 1. The zero-order chi connectivity index (χ0) is 12.5. The Balaban J connectivity index is 2.12. The zero-order valence-corrected chi connectivity index (χ0v) is 11.3. The van der Waals surface area contributed by atoms with E-state index in [2.05, 4.69) is 17.3 Å². The first-order chi connectivity index (χ1) is 8.22. The van der Waals surface area contributed by atoms with Crippen LogP contribution in [0.4, 0.5) is 0 Å². The summed E-state index contributed by atoms with van der Waals surface area (Å²) in [6, 6.07) is 7.47. The van der Waals surface area contributed by atoms with Gasteiger partial charge >= 0.3 is 0 Å². The molecule has 96 valence electrons. The first-order valence-electron chi connectivity index (χ1n) is 5.94. The molecule has 0 radical (unpaired) electrons. The van der Waals surface area contributed by atoms with E-state index in [9.17, 15) is 0 Å². The number of nitrogens with one attached hydrogen (secondary N) is 1. The van der Waals surface area contributed by atoms with E-state index in [0.29, 0.717) is 6.61 Å². The fourth-order valence-electron chi connectivity index (χ4n) is 1.49. The molecule has 0 unspecified atom stereocenters. The highest BCUT2D eigenvalue weighted by Gasteiger charge is 1.99. The van der Waals surface area contributed by atoms with E-state index in [1.165, 1.54) is 0 Å². The molecule has 0 fully saturated rings. The monoisotopic (exact) mass is 256 g/mol. The lowest BCUT2D eigenvalue weighted by atomic mass is 10.3. The molecule has 0 aliphatic carbocycles. The quantitative estimate of drug-likeness (QED) is 0.722. The van der Waals surface area contributed by atoms with Gasteiger partial charge in [-0.1, -0.05) is 11.6 Å². The third kappa shape index (κ3) is 6.51. The minimum atomic E-state index is 0.706. The average Bonchev–Trinajstić information content (AvgIpc) is 2.32. The Labute approximate surface area is 109 Å². The van der Waals surface area contributed by atoms with Crippen LogP contribution in [0.2, 0.25) is 5.02 Å². The molecule has 1 rings (SSSR count). The summed E-state index contributed by atoms with van der Waals surface area (Å²) >= 11 is 5.80. The molecular formula is C13H21ClN2O. The molecule has 0 aromatic heterocycles. The Morgan fingerprint density at radius 3 is 2.59 bits per heavy atom. The molecule has 1 aromatic carbocycles. The first-order valence-corrected chi connectivity index (χ1v) is 6.31. The van der Waals surface area contributed by atoms with Crippen LogP contribution >= 0.6 is 11.6 Å². The maximum Gasteiger partial charge on any atom is 0.119 e. The first kappa shape index (κ1) is 14.3. The van der Waals surface area contributed by atoms with Crippen LogP contribution < -0.4 is 10.1 Å². The summed E-state index contributed by atoms with van der Waals surface area (Å²) in [7, 11) is 4.09. The highest BCUT2D eigenvalue weighted by Crippen LogP contribution is 2.15. The number of halogens is 1. The molecule has 0 aliphatic rings. The van der Waals surface area contributed by atoms with Gasteiger partial charge in [-0.2, -0.15) is 0 Å². The molecular weight excluding hydrogens is 236 g/mol. The minimum Gasteiger partial charge on any atom is -0.492 e. The van der Waals surface area contributed by atoms with Gasteiger partial charge in [-0.15, -0.1) is 0 Å². The predicted octanol–water partition coefficient (Wildman–Crippen LogP) is 2.26. The summed E-state index contributed by atoms with van der Waals surface area (Å²) in [5.41, 5.74) is 0. The summed E-state index contributed by atoms with van der Waals surface area (Å²) in [5, 5.41) is 3.88. The Morgan fingerprint density at radius 2 is 1.94 bits per heavy atom. The second-order valence-electron chi connectivity index (χ2n) is 4.06. The zero-order valence-electron chi connectivity index (χ0n) is 10.6. The molecule has 0 spiro atoms. The molecule has 1 N–H and O–H groups in total. The van der Waals surface area contributed by atoms with Crippen molar-refractivity contribution in [3.63, 3.8) is 0 Å². The van der Waals surface area contributed by atoms with Gasteiger partial charge in [0.1, 0.15) is 12.4 Å². The predicted molar refractivity (Wildman–Crippen MR) is 73.0 cm³/mol. The van der Waals surface area contributed by atoms with E-state index in [1.54, 1.807) is 0 Å². The van der Waals surface area contributed by atoms with Gasteiger partial charge in [0.2, 0.25) is 0 Å². The number of rotatable bonds is 8. The smallest absolute Gasteiger partial charge is 0.119 e. The summed E-state index contributed by atoms with van der Waals surface area (Å²) in [5.74, 6) is 0.873. The number of hydrogen-bond donors (Lipinski definition) is 1. The van der Waals surface area contributed by atoms with Crippen LogP contribution in [0.5, 0.6) is 5.75 Å². The van der Waals surface area contributed by atoms with Crippen LogP contribution in [0.3, 0.4) is 0 Å². The number of nitrogens with zero attached hydrogens (tertiary/aromatic N) is 1. The summed E-state index contributed by atoms with van der Waals surface area (Å²) in [6.45, 7) is 3.79. The van der Waals surface area contributed by atoms with Crippen LogP contribution in [-0.4, -0.2) is 45.2 Å². The molecule has 4 heteroatoms. The lowest BCUT2D eigenvalue weighted by Gasteiger charge is -2.16. The molecule has 0 amide bonds. The Bertz CT molecular complexity index is 303. The van der Waals surface area contributed by atoms with Gasteiger partial charge in [0.25, 0.3) is 0 Å². The number of likely N-dealkylation sites (N-methyl/N-ethyl adjacent to an activating group) is 1. The number of hydrogen-bond acceptors (Lipinski definition) is 3. The van der Waals surface area contributed by atoms with Crippen LogP contribution in [-0.2, 0) is 0 Å². The Hall–Kier alpha value is -0.770. The Morgan fingerprint density at radius 1 is 1.24 bits per heavy atom. The van der Waals surface area contributed by atoms with Crippen molar-refractivity contribution in [3.05, 3.63) is 29.3 Å². The van der Waals surface area contributed by atoms with Crippen molar-refractivity contribution in [2.45, 2.75) is 6.42 Å². The van der Waals surface area contributed by atoms with Crippen LogP contribution in [0.15, 0.2) is 24.3 Å². The van der Waals surface area contributed by atoms with Crippen molar-refractivity contribution in [2.75, 3.05) is 40.3 Å². The highest BCUT2D eigenvalue weighted by molar-refractivity contribution is 6.30. The van der Waals surface area contributed by atoms with E-state index in [4.69, 9.17) is 16.3 Å². The van der Waals surface area contributed by atoms with Gasteiger partial charge in [-0.25, -0.2) is 0 Å². The summed E-state index contributed by atoms with van der Waals surface area (Å²) in [6.07, 6.45) is 1.16. The molecule has 0 atom stereocenters. The third-order valence-electron chi connectivity index (χ3n) is 2.52. The van der Waals surface area contributed by atoms with Crippen LogP contribution in [0.25, 0.3) is 0 Å². The minimum absolute atomic E-state index is 0.706. The normalized spacial score (nSPS) is 10.8. The molecule has 0 aliphatic heterocycles. The largest absolute Gasteiger partial charge is 0.492 e. The van der Waals surface area contributed by atoms with Gasteiger partial charge in [0.15, 0.2) is 0 Å². The van der Waals surface area contributed by atoms with E-state index < -0.39 is 0 Å². The second kappa shape index (κ2) is 8.34. The molecule has 0 bridgehead atoms. The van der Waals surface area contributed by atoms with Gasteiger partial charge in [-0.05, 0) is 57.9 Å². The van der Waals surface area contributed by atoms with Gasteiger partial charge in [-0.3, -0.25) is 0 Å². The molecule has 17 heavy (non-hydrogen) atoms. The molecule has 0 saturated heterocycles. The fourth-order valence-corrected chi connectivity index (χ4v) is 1.61. The van der Waals surface area contributed by atoms with Gasteiger partial charge in [0.05, 0.1) is 0 Å². The van der Waals surface area contributed by atoms with Crippen molar-refractivity contribution in [1.29, 1.82) is 0 Å². The standard InChI is InChI=1S/C13H21ClN2O/c1-15-8-3-9-16(2)10-11-17-13-6-4-12(14)5-7-13/h4-7,15H,3,8-11H2,1-2H3. The number of ether oxygens (including phenoxy) is 1. The summed E-state index contributed by atoms with van der Waals surface area (Å²) in [4.78, 5) is 2.27. The van der Waals surface area contributed by atoms with E-state index in [0.717, 1.165) is 36.8 Å². The Kier molecular flexibility index (Phi) is 7.01. The second-order valence-corrected chi connectivity index (χ2v) is 4.50. The molecule has 1 aromatic rings. The lowest BCUT2D eigenvalue weighted by Crippen LogP contribution is -2.27. The van der Waals surface area contributed by atoms with Crippen molar-refractivity contribution in [1.82, 2.24) is 10.2 Å². The summed E-state index contributed by atoms with van der Waals surface area (Å²) < 4.78 is 5.62. The van der Waals surface area contributed by atoms with Crippen molar-refractivity contribution < 1.29 is 4.74 Å². The maximum absolute atomic E-state index is 5.80. The third-order valence-corrected chi connectivity index (χ3v) is 2.77. The SMILES string of the molecule is CNCCCN(C)CCOc1ccc(Cl)cc1. The lowest BCUT2D eigenvalue weighted by molar-refractivity contribution is 0.236. The fraction of sp³-hybridized carbons (Fsp3) is 0.538. The van der Waals surface area contributed by atoms with Crippen molar-refractivity contribution in [2.24, 2.45) is 0 Å².